The van der Waals surface area contributed by atoms with Crippen LogP contribution < -0.4 is 10.2 Å². The highest BCUT2D eigenvalue weighted by atomic mass is 16.8. The van der Waals surface area contributed by atoms with E-state index in [9.17, 15) is 66.1 Å². The molecule has 20 nitrogen and oxygen atoms in total. The average Bonchev–Trinajstić information content (AvgIpc) is 3.10. The lowest BCUT2D eigenvalue weighted by Gasteiger charge is -2.45. The number of ether oxygens (including phenoxy) is 6. The van der Waals surface area contributed by atoms with E-state index in [-0.39, 0.29) is 16.9 Å². The van der Waals surface area contributed by atoms with Crippen LogP contribution in [-0.4, -0.2) is 161 Å². The predicted molar refractivity (Wildman–Crippen MR) is 167 cm³/mol. The Bertz CT molecular complexity index is 1800. The van der Waals surface area contributed by atoms with Crippen LogP contribution in [-0.2, 0) is 23.7 Å². The van der Waals surface area contributed by atoms with Gasteiger partial charge in [0.2, 0.25) is 17.5 Å². The number of phenolic OH excluding ortho intramolecular Hbond substituents is 3. The lowest BCUT2D eigenvalue weighted by molar-refractivity contribution is -0.352. The topological polar surface area (TPSA) is 328 Å². The van der Waals surface area contributed by atoms with Gasteiger partial charge < -0.3 is 94.1 Å². The number of benzene rings is 2. The van der Waals surface area contributed by atoms with Gasteiger partial charge in [-0.3, -0.25) is 4.79 Å². The van der Waals surface area contributed by atoms with Crippen LogP contribution in [0.1, 0.15) is 6.92 Å². The Balaban J connectivity index is 1.31. The first-order chi connectivity index (χ1) is 24.6. The van der Waals surface area contributed by atoms with Crippen LogP contribution >= 0.6 is 0 Å². The molecule has 3 aliphatic heterocycles. The molecule has 3 aromatic rings. The van der Waals surface area contributed by atoms with Crippen LogP contribution in [0.15, 0.2) is 39.5 Å². The molecule has 2 aromatic carbocycles. The molecule has 6 rings (SSSR count). The van der Waals surface area contributed by atoms with E-state index in [4.69, 9.17) is 32.8 Å². The number of hydrogen-bond donors (Lipinski definition) is 12. The summed E-state index contributed by atoms with van der Waals surface area (Å²) in [5, 5.41) is 124. The zero-order valence-electron chi connectivity index (χ0n) is 27.0. The van der Waals surface area contributed by atoms with Crippen molar-refractivity contribution in [1.29, 1.82) is 0 Å². The zero-order valence-corrected chi connectivity index (χ0v) is 27.0. The highest BCUT2D eigenvalue weighted by molar-refractivity contribution is 5.88. The summed E-state index contributed by atoms with van der Waals surface area (Å²) in [7, 11) is 0. The van der Waals surface area contributed by atoms with Crippen molar-refractivity contribution in [2.45, 2.75) is 92.9 Å². The van der Waals surface area contributed by atoms with Gasteiger partial charge in [0.1, 0.15) is 77.4 Å². The monoisotopic (exact) mass is 742 g/mol. The molecule has 0 spiro atoms. The first kappa shape index (κ1) is 37.9. The molecule has 0 amide bonds. The van der Waals surface area contributed by atoms with Crippen molar-refractivity contribution in [3.8, 4) is 40.1 Å². The Morgan fingerprint density at radius 3 is 2.15 bits per heavy atom. The molecule has 0 radical (unpaired) electrons. The Morgan fingerprint density at radius 2 is 1.44 bits per heavy atom. The highest BCUT2D eigenvalue weighted by Gasteiger charge is 2.51. The van der Waals surface area contributed by atoms with Crippen molar-refractivity contribution in [3.63, 3.8) is 0 Å². The first-order valence-corrected chi connectivity index (χ1v) is 15.9. The van der Waals surface area contributed by atoms with E-state index in [0.29, 0.717) is 0 Å². The van der Waals surface area contributed by atoms with E-state index in [1.54, 1.807) is 0 Å². The SMILES string of the molecule is CC1OC(OCC2OC(Oc3cc(O)c4c(=O)c(O)c(-c5ccc(O)c(O)c5)oc4c3)C(OC3OCC(O)C(O)C3O)C(O)C2O)C(O)C(O)C1O. The Morgan fingerprint density at radius 1 is 0.731 bits per heavy atom. The molecule has 0 aliphatic carbocycles. The van der Waals surface area contributed by atoms with Crippen LogP contribution in [0, 0.1) is 0 Å². The minimum Gasteiger partial charge on any atom is -0.507 e. The first-order valence-electron chi connectivity index (χ1n) is 15.9. The third-order valence-electron chi connectivity index (χ3n) is 9.04. The average molecular weight is 743 g/mol. The molecule has 1 aromatic heterocycles. The number of phenols is 3. The van der Waals surface area contributed by atoms with Crippen molar-refractivity contribution < 1.29 is 94.1 Å². The Hall–Kier alpha value is -3.87. The molecule has 3 fully saturated rings. The van der Waals surface area contributed by atoms with Crippen LogP contribution in [0.3, 0.4) is 0 Å². The molecule has 52 heavy (non-hydrogen) atoms. The van der Waals surface area contributed by atoms with Crippen LogP contribution in [0.5, 0.6) is 28.7 Å². The molecule has 14 unspecified atom stereocenters. The van der Waals surface area contributed by atoms with Crippen LogP contribution in [0.25, 0.3) is 22.3 Å². The molecule has 12 N–H and O–H groups in total. The van der Waals surface area contributed by atoms with E-state index in [2.05, 4.69) is 0 Å². The summed E-state index contributed by atoms with van der Waals surface area (Å²) in [5.41, 5.74) is -1.49. The van der Waals surface area contributed by atoms with Gasteiger partial charge in [0.15, 0.2) is 35.9 Å². The third kappa shape index (κ3) is 7.09. The number of fused-ring (bicyclic) bond motifs is 1. The smallest absolute Gasteiger partial charge is 0.238 e. The second-order valence-electron chi connectivity index (χ2n) is 12.6. The van der Waals surface area contributed by atoms with Gasteiger partial charge in [0, 0.05) is 17.7 Å². The molecule has 3 aliphatic rings. The fourth-order valence-electron chi connectivity index (χ4n) is 6.00. The standard InChI is InChI=1S/C32H38O20/c1-9-19(37)23(41)27(45)30(48-9)47-8-17-21(39)24(42)29(52-31-26(44)20(38)15(36)7-46-31)32(51-17)49-11-5-14(35)18-16(6-11)50-28(25(43)22(18)40)10-2-3-12(33)13(34)4-10/h2-6,9,15,17,19-21,23-24,26-27,29-39,41-45H,7-8H2,1H3. The number of aliphatic hydroxyl groups excluding tert-OH is 8. The number of aromatic hydroxyl groups is 4. The van der Waals surface area contributed by atoms with Gasteiger partial charge >= 0.3 is 0 Å². The summed E-state index contributed by atoms with van der Waals surface area (Å²) in [6.07, 6.45) is -22.9. The minimum absolute atomic E-state index is 0.0385. The van der Waals surface area contributed by atoms with Gasteiger partial charge in [0.25, 0.3) is 0 Å². The summed E-state index contributed by atoms with van der Waals surface area (Å²) in [6, 6.07) is 5.30. The molecular weight excluding hydrogens is 704 g/mol. The molecule has 4 heterocycles. The number of hydrogen-bond acceptors (Lipinski definition) is 20. The van der Waals surface area contributed by atoms with E-state index >= 15 is 0 Å². The van der Waals surface area contributed by atoms with Gasteiger partial charge in [-0.2, -0.15) is 0 Å². The second-order valence-corrected chi connectivity index (χ2v) is 12.6. The van der Waals surface area contributed by atoms with Crippen LogP contribution in [0.4, 0.5) is 0 Å². The maximum Gasteiger partial charge on any atom is 0.238 e. The van der Waals surface area contributed by atoms with E-state index < -0.39 is 139 Å². The number of aliphatic hydroxyl groups is 8. The van der Waals surface area contributed by atoms with E-state index in [0.717, 1.165) is 24.3 Å². The fourth-order valence-corrected chi connectivity index (χ4v) is 6.00. The summed E-state index contributed by atoms with van der Waals surface area (Å²) >= 11 is 0. The van der Waals surface area contributed by atoms with E-state index in [1.807, 2.05) is 0 Å². The van der Waals surface area contributed by atoms with Crippen molar-refractivity contribution in [2.24, 2.45) is 0 Å². The van der Waals surface area contributed by atoms with Crippen LogP contribution in [0.2, 0.25) is 0 Å². The molecule has 3 saturated heterocycles. The van der Waals surface area contributed by atoms with Crippen molar-refractivity contribution in [2.75, 3.05) is 13.2 Å². The van der Waals surface area contributed by atoms with Crippen molar-refractivity contribution in [3.05, 3.63) is 40.6 Å². The lowest BCUT2D eigenvalue weighted by atomic mass is 9.98. The maximum absolute atomic E-state index is 13.1. The summed E-state index contributed by atoms with van der Waals surface area (Å²) in [6.45, 7) is 0.288. The van der Waals surface area contributed by atoms with Gasteiger partial charge in [-0.1, -0.05) is 0 Å². The second kappa shape index (κ2) is 14.9. The third-order valence-corrected chi connectivity index (χ3v) is 9.04. The van der Waals surface area contributed by atoms with Gasteiger partial charge in [0.05, 0.1) is 19.3 Å². The highest BCUT2D eigenvalue weighted by Crippen LogP contribution is 2.39. The molecule has 20 heteroatoms. The van der Waals surface area contributed by atoms with Gasteiger partial charge in [-0.15, -0.1) is 0 Å². The normalized spacial score (nSPS) is 36.9. The molecule has 14 atom stereocenters. The van der Waals surface area contributed by atoms with Crippen molar-refractivity contribution >= 4 is 11.0 Å². The lowest BCUT2D eigenvalue weighted by Crippen LogP contribution is -2.64. The van der Waals surface area contributed by atoms with Gasteiger partial charge in [-0.05, 0) is 25.1 Å². The summed E-state index contributed by atoms with van der Waals surface area (Å²) < 4.78 is 39.4. The summed E-state index contributed by atoms with van der Waals surface area (Å²) in [4.78, 5) is 13.1. The molecule has 0 saturated carbocycles. The molecular formula is C32H38O20. The zero-order chi connectivity index (χ0) is 37.8. The summed E-state index contributed by atoms with van der Waals surface area (Å²) in [5.74, 6) is -3.57. The predicted octanol–water partition coefficient (Wildman–Crippen LogP) is -3.22. The number of rotatable bonds is 8. The van der Waals surface area contributed by atoms with E-state index in [1.165, 1.54) is 13.0 Å². The largest absolute Gasteiger partial charge is 0.507 e. The Kier molecular flexibility index (Phi) is 10.8. The maximum atomic E-state index is 13.1. The minimum atomic E-state index is -1.94. The van der Waals surface area contributed by atoms with Gasteiger partial charge in [-0.25, -0.2) is 0 Å². The fraction of sp³-hybridized carbons (Fsp3) is 0.531. The quantitative estimate of drug-likeness (QED) is 0.101. The molecule has 0 bridgehead atoms. The molecule has 286 valence electrons. The Labute approximate surface area is 292 Å². The van der Waals surface area contributed by atoms with Crippen molar-refractivity contribution in [1.82, 2.24) is 0 Å².